The quantitative estimate of drug-likeness (QED) is 0.890. The third kappa shape index (κ3) is 4.08. The lowest BCUT2D eigenvalue weighted by Crippen LogP contribution is -2.39. The molecule has 0 aliphatic heterocycles. The molecule has 0 atom stereocenters. The summed E-state index contributed by atoms with van der Waals surface area (Å²) in [6, 6.07) is 1.16. The average molecular weight is 248 g/mol. The van der Waals surface area contributed by atoms with E-state index in [1.807, 2.05) is 0 Å². The number of hydrogen-bond donors (Lipinski definition) is 1. The van der Waals surface area contributed by atoms with Crippen molar-refractivity contribution >= 4 is 11.8 Å². The SMILES string of the molecule is Cc1cc(N(CC(F)(F)F)C(C)C)nc(N)n1. The summed E-state index contributed by atoms with van der Waals surface area (Å²) in [4.78, 5) is 8.81. The van der Waals surface area contributed by atoms with Crippen molar-refractivity contribution in [3.8, 4) is 0 Å². The van der Waals surface area contributed by atoms with E-state index in [9.17, 15) is 13.2 Å². The zero-order valence-electron chi connectivity index (χ0n) is 9.91. The van der Waals surface area contributed by atoms with Gasteiger partial charge in [0.2, 0.25) is 5.95 Å². The molecule has 0 aromatic carbocycles. The third-order valence-corrected chi connectivity index (χ3v) is 2.13. The lowest BCUT2D eigenvalue weighted by molar-refractivity contribution is -0.120. The second-order valence-electron chi connectivity index (χ2n) is 4.06. The second-order valence-corrected chi connectivity index (χ2v) is 4.06. The van der Waals surface area contributed by atoms with Crippen molar-refractivity contribution in [1.82, 2.24) is 9.97 Å². The summed E-state index contributed by atoms with van der Waals surface area (Å²) in [5.41, 5.74) is 5.97. The molecule has 0 radical (unpaired) electrons. The van der Waals surface area contributed by atoms with Crippen LogP contribution in [0.2, 0.25) is 0 Å². The third-order valence-electron chi connectivity index (χ3n) is 2.13. The van der Waals surface area contributed by atoms with Crippen LogP contribution in [0, 0.1) is 6.92 Å². The number of halogens is 3. The molecule has 1 rings (SSSR count). The van der Waals surface area contributed by atoms with Gasteiger partial charge in [-0.3, -0.25) is 0 Å². The monoisotopic (exact) mass is 248 g/mol. The summed E-state index contributed by atoms with van der Waals surface area (Å²) >= 11 is 0. The summed E-state index contributed by atoms with van der Waals surface area (Å²) in [5, 5.41) is 0. The van der Waals surface area contributed by atoms with E-state index in [2.05, 4.69) is 9.97 Å². The Kier molecular flexibility index (Phi) is 3.79. The van der Waals surface area contributed by atoms with Gasteiger partial charge in [-0.05, 0) is 20.8 Å². The molecule has 0 unspecified atom stereocenters. The fraction of sp³-hybridized carbons (Fsp3) is 0.600. The van der Waals surface area contributed by atoms with Crippen molar-refractivity contribution in [1.29, 1.82) is 0 Å². The van der Waals surface area contributed by atoms with Gasteiger partial charge in [0.05, 0.1) is 0 Å². The topological polar surface area (TPSA) is 55.0 Å². The van der Waals surface area contributed by atoms with Crippen molar-refractivity contribution in [3.63, 3.8) is 0 Å². The van der Waals surface area contributed by atoms with E-state index in [0.717, 1.165) is 4.90 Å². The van der Waals surface area contributed by atoms with Gasteiger partial charge < -0.3 is 10.6 Å². The molecule has 0 spiro atoms. The van der Waals surface area contributed by atoms with E-state index in [-0.39, 0.29) is 17.8 Å². The molecule has 0 aliphatic rings. The van der Waals surface area contributed by atoms with Crippen molar-refractivity contribution in [2.75, 3.05) is 17.2 Å². The van der Waals surface area contributed by atoms with Crippen LogP contribution in [0.4, 0.5) is 24.9 Å². The van der Waals surface area contributed by atoms with Crippen LogP contribution >= 0.6 is 0 Å². The number of anilines is 2. The Hall–Kier alpha value is -1.53. The maximum atomic E-state index is 12.4. The highest BCUT2D eigenvalue weighted by atomic mass is 19.4. The Balaban J connectivity index is 3.05. The van der Waals surface area contributed by atoms with E-state index in [0.29, 0.717) is 5.69 Å². The van der Waals surface area contributed by atoms with E-state index < -0.39 is 12.7 Å². The maximum absolute atomic E-state index is 12.4. The number of rotatable bonds is 3. The molecule has 96 valence electrons. The van der Waals surface area contributed by atoms with E-state index >= 15 is 0 Å². The first-order chi connectivity index (χ1) is 7.69. The second kappa shape index (κ2) is 4.77. The van der Waals surface area contributed by atoms with Gasteiger partial charge in [-0.15, -0.1) is 0 Å². The van der Waals surface area contributed by atoms with Crippen molar-refractivity contribution in [2.24, 2.45) is 0 Å². The maximum Gasteiger partial charge on any atom is 0.405 e. The highest BCUT2D eigenvalue weighted by Crippen LogP contribution is 2.23. The molecule has 7 heteroatoms. The van der Waals surface area contributed by atoms with Gasteiger partial charge >= 0.3 is 6.18 Å². The molecule has 1 aromatic heterocycles. The summed E-state index contributed by atoms with van der Waals surface area (Å²) in [5.74, 6) is 0.176. The molecule has 2 N–H and O–H groups in total. The number of nitrogens with two attached hydrogens (primary N) is 1. The Labute approximate surface area is 97.7 Å². The predicted octanol–water partition coefficient (Wildman–Crippen LogP) is 2.14. The van der Waals surface area contributed by atoms with Crippen molar-refractivity contribution in [2.45, 2.75) is 33.0 Å². The summed E-state index contributed by atoms with van der Waals surface area (Å²) < 4.78 is 37.3. The Morgan fingerprint density at radius 3 is 2.35 bits per heavy atom. The lowest BCUT2D eigenvalue weighted by atomic mass is 10.3. The number of nitrogen functional groups attached to an aromatic ring is 1. The number of nitrogens with zero attached hydrogens (tertiary/aromatic N) is 3. The smallest absolute Gasteiger partial charge is 0.368 e. The van der Waals surface area contributed by atoms with Crippen LogP contribution in [0.15, 0.2) is 6.07 Å². The molecule has 0 fully saturated rings. The number of aryl methyl sites for hydroxylation is 1. The number of alkyl halides is 3. The average Bonchev–Trinajstić information content (AvgIpc) is 2.10. The van der Waals surface area contributed by atoms with Crippen molar-refractivity contribution in [3.05, 3.63) is 11.8 Å². The zero-order chi connectivity index (χ0) is 13.2. The van der Waals surface area contributed by atoms with Crippen LogP contribution in [0.5, 0.6) is 0 Å². The van der Waals surface area contributed by atoms with Gasteiger partial charge in [0.25, 0.3) is 0 Å². The van der Waals surface area contributed by atoms with E-state index in [4.69, 9.17) is 5.73 Å². The fourth-order valence-corrected chi connectivity index (χ4v) is 1.44. The number of hydrogen-bond acceptors (Lipinski definition) is 4. The molecule has 17 heavy (non-hydrogen) atoms. The molecule has 0 saturated heterocycles. The fourth-order valence-electron chi connectivity index (χ4n) is 1.44. The highest BCUT2D eigenvalue weighted by molar-refractivity contribution is 5.44. The molecule has 1 aromatic rings. The minimum absolute atomic E-state index is 0.0205. The van der Waals surface area contributed by atoms with Gasteiger partial charge in [0, 0.05) is 17.8 Å². The van der Waals surface area contributed by atoms with E-state index in [1.165, 1.54) is 6.07 Å². The molecular weight excluding hydrogens is 233 g/mol. The van der Waals surface area contributed by atoms with E-state index in [1.54, 1.807) is 20.8 Å². The number of aromatic nitrogens is 2. The first-order valence-electron chi connectivity index (χ1n) is 5.13. The molecule has 4 nitrogen and oxygen atoms in total. The van der Waals surface area contributed by atoms with Gasteiger partial charge in [0.1, 0.15) is 12.4 Å². The van der Waals surface area contributed by atoms with Crippen molar-refractivity contribution < 1.29 is 13.2 Å². The molecular formula is C10H15F3N4. The normalized spacial score (nSPS) is 11.9. The molecule has 1 heterocycles. The van der Waals surface area contributed by atoms with Gasteiger partial charge in [0.15, 0.2) is 0 Å². The Morgan fingerprint density at radius 1 is 1.35 bits per heavy atom. The summed E-state index contributed by atoms with van der Waals surface area (Å²) in [6.07, 6.45) is -4.28. The molecule has 0 bridgehead atoms. The summed E-state index contributed by atoms with van der Waals surface area (Å²) in [7, 11) is 0. The lowest BCUT2D eigenvalue weighted by Gasteiger charge is -2.28. The summed E-state index contributed by atoms with van der Waals surface area (Å²) in [6.45, 7) is 3.94. The van der Waals surface area contributed by atoms with Crippen LogP contribution in [0.1, 0.15) is 19.5 Å². The van der Waals surface area contributed by atoms with Gasteiger partial charge in [-0.1, -0.05) is 0 Å². The first kappa shape index (κ1) is 13.5. The van der Waals surface area contributed by atoms with Crippen LogP contribution in [-0.4, -0.2) is 28.7 Å². The standard InChI is InChI=1S/C10H15F3N4/c1-6(2)17(5-10(11,12)13)8-4-7(3)15-9(14)16-8/h4,6H,5H2,1-3H3,(H2,14,15,16). The van der Waals surface area contributed by atoms with Crippen LogP contribution in [-0.2, 0) is 0 Å². The predicted molar refractivity (Wildman–Crippen MR) is 59.7 cm³/mol. The molecule has 0 amide bonds. The zero-order valence-corrected chi connectivity index (χ0v) is 9.91. The minimum atomic E-state index is -4.28. The minimum Gasteiger partial charge on any atom is -0.368 e. The molecule has 0 saturated carbocycles. The Bertz CT molecular complexity index is 369. The Morgan fingerprint density at radius 2 is 1.94 bits per heavy atom. The largest absolute Gasteiger partial charge is 0.405 e. The van der Waals surface area contributed by atoms with Crippen LogP contribution in [0.25, 0.3) is 0 Å². The van der Waals surface area contributed by atoms with Gasteiger partial charge in [-0.2, -0.15) is 18.2 Å². The van der Waals surface area contributed by atoms with Crippen LogP contribution < -0.4 is 10.6 Å². The van der Waals surface area contributed by atoms with Gasteiger partial charge in [-0.25, -0.2) is 4.98 Å². The first-order valence-corrected chi connectivity index (χ1v) is 5.13. The highest BCUT2D eigenvalue weighted by Gasteiger charge is 2.32. The van der Waals surface area contributed by atoms with Crippen LogP contribution in [0.3, 0.4) is 0 Å². The molecule has 0 aliphatic carbocycles.